The van der Waals surface area contributed by atoms with Gasteiger partial charge < -0.3 is 19.1 Å². The number of benzene rings is 1. The summed E-state index contributed by atoms with van der Waals surface area (Å²) in [4.78, 5) is 11.4. The lowest BCUT2D eigenvalue weighted by molar-refractivity contribution is -0.138. The highest BCUT2D eigenvalue weighted by Gasteiger charge is 2.32. The van der Waals surface area contributed by atoms with Crippen molar-refractivity contribution in [1.29, 1.82) is 0 Å². The van der Waals surface area contributed by atoms with Gasteiger partial charge >= 0.3 is 11.9 Å². The van der Waals surface area contributed by atoms with Crippen LogP contribution in [0.25, 0.3) is 11.6 Å². The van der Waals surface area contributed by atoms with E-state index in [4.69, 9.17) is 19.1 Å². The molecule has 0 bridgehead atoms. The number of carboxylic acid groups (broad SMARTS) is 1. The molecule has 0 radical (unpaired) electrons. The standard InChI is InChI=1S/C15H11BrF3N5O5/c16-9-2-1-8(17)3-10(9)27-6-15(18,19)7-28-12-4-11(29-22-12)14-20-23-24(21-14)5-13(25)26/h1-4H,5-7H2,(H,25,26). The van der Waals surface area contributed by atoms with Crippen LogP contribution in [0.4, 0.5) is 13.2 Å². The van der Waals surface area contributed by atoms with Crippen LogP contribution in [0.5, 0.6) is 11.6 Å². The fourth-order valence-corrected chi connectivity index (χ4v) is 2.32. The van der Waals surface area contributed by atoms with E-state index in [2.05, 4.69) is 36.5 Å². The Balaban J connectivity index is 1.56. The minimum Gasteiger partial charge on any atom is -0.486 e. The fraction of sp³-hybridized carbons (Fsp3) is 0.267. The van der Waals surface area contributed by atoms with E-state index in [0.29, 0.717) is 4.47 Å². The first-order chi connectivity index (χ1) is 13.7. The molecule has 0 aliphatic rings. The van der Waals surface area contributed by atoms with Gasteiger partial charge in [-0.05, 0) is 38.4 Å². The predicted molar refractivity (Wildman–Crippen MR) is 91.0 cm³/mol. The predicted octanol–water partition coefficient (Wildman–Crippen LogP) is 2.41. The highest BCUT2D eigenvalue weighted by Crippen LogP contribution is 2.28. The van der Waals surface area contributed by atoms with Crippen LogP contribution in [-0.4, -0.2) is 55.6 Å². The number of tetrazole rings is 1. The molecule has 3 aromatic rings. The molecular weight excluding hydrogens is 467 g/mol. The maximum absolute atomic E-state index is 14.0. The van der Waals surface area contributed by atoms with E-state index >= 15 is 0 Å². The molecule has 154 valence electrons. The van der Waals surface area contributed by atoms with E-state index in [1.807, 2.05) is 0 Å². The Bertz CT molecular complexity index is 1010. The first-order valence-corrected chi connectivity index (χ1v) is 8.56. The third kappa shape index (κ3) is 5.66. The van der Waals surface area contributed by atoms with E-state index < -0.39 is 37.5 Å². The third-order valence-electron chi connectivity index (χ3n) is 3.20. The number of hydrogen-bond acceptors (Lipinski definition) is 8. The number of rotatable bonds is 9. The zero-order valence-corrected chi connectivity index (χ0v) is 15.8. The number of aliphatic carboxylic acids is 1. The summed E-state index contributed by atoms with van der Waals surface area (Å²) in [5.41, 5.74) is 0. The van der Waals surface area contributed by atoms with Crippen molar-refractivity contribution in [3.63, 3.8) is 0 Å². The highest BCUT2D eigenvalue weighted by molar-refractivity contribution is 9.10. The first kappa shape index (κ1) is 20.6. The number of nitrogens with zero attached hydrogens (tertiary/aromatic N) is 5. The molecule has 0 atom stereocenters. The third-order valence-corrected chi connectivity index (χ3v) is 3.86. The molecule has 0 fully saturated rings. The molecular formula is C15H11BrF3N5O5. The molecule has 0 amide bonds. The molecule has 1 aromatic carbocycles. The van der Waals surface area contributed by atoms with Crippen molar-refractivity contribution in [2.24, 2.45) is 0 Å². The van der Waals surface area contributed by atoms with Gasteiger partial charge in [-0.2, -0.15) is 13.6 Å². The second-order valence-electron chi connectivity index (χ2n) is 5.57. The molecule has 0 aliphatic heterocycles. The summed E-state index contributed by atoms with van der Waals surface area (Å²) in [7, 11) is 0. The minimum absolute atomic E-state index is 0.0557. The van der Waals surface area contributed by atoms with Crippen molar-refractivity contribution in [3.05, 3.63) is 34.6 Å². The van der Waals surface area contributed by atoms with Gasteiger partial charge in [0.05, 0.1) is 10.5 Å². The van der Waals surface area contributed by atoms with E-state index in [1.54, 1.807) is 0 Å². The molecule has 0 saturated heterocycles. The molecule has 10 nitrogen and oxygen atoms in total. The zero-order valence-electron chi connectivity index (χ0n) is 14.3. The fourth-order valence-electron chi connectivity index (χ4n) is 1.95. The lowest BCUT2D eigenvalue weighted by Gasteiger charge is -2.17. The summed E-state index contributed by atoms with van der Waals surface area (Å²) in [5.74, 6) is -5.74. The summed E-state index contributed by atoms with van der Waals surface area (Å²) in [6.45, 7) is -2.67. The summed E-state index contributed by atoms with van der Waals surface area (Å²) in [5, 5.41) is 22.9. The van der Waals surface area contributed by atoms with Gasteiger partial charge in [0.15, 0.2) is 19.8 Å². The van der Waals surface area contributed by atoms with Crippen LogP contribution < -0.4 is 9.47 Å². The Hall–Kier alpha value is -3.16. The second kappa shape index (κ2) is 8.46. The summed E-state index contributed by atoms with van der Waals surface area (Å²) in [6, 6.07) is 4.59. The summed E-state index contributed by atoms with van der Waals surface area (Å²) < 4.78 is 56.1. The van der Waals surface area contributed by atoms with Crippen LogP contribution in [0, 0.1) is 5.82 Å². The highest BCUT2D eigenvalue weighted by atomic mass is 79.9. The monoisotopic (exact) mass is 477 g/mol. The number of alkyl halides is 2. The zero-order chi connectivity index (χ0) is 21.0. The summed E-state index contributed by atoms with van der Waals surface area (Å²) in [6.07, 6.45) is 0. The average molecular weight is 478 g/mol. The van der Waals surface area contributed by atoms with Crippen molar-refractivity contribution >= 4 is 21.9 Å². The summed E-state index contributed by atoms with van der Waals surface area (Å²) >= 11 is 3.07. The Morgan fingerprint density at radius 3 is 2.79 bits per heavy atom. The van der Waals surface area contributed by atoms with Crippen LogP contribution in [-0.2, 0) is 11.3 Å². The van der Waals surface area contributed by atoms with Crippen molar-refractivity contribution in [2.75, 3.05) is 13.2 Å². The van der Waals surface area contributed by atoms with E-state index in [0.717, 1.165) is 23.0 Å². The second-order valence-corrected chi connectivity index (χ2v) is 6.43. The Labute approximate surface area is 168 Å². The molecule has 0 saturated carbocycles. The van der Waals surface area contributed by atoms with E-state index in [1.165, 1.54) is 6.07 Å². The average Bonchev–Trinajstić information content (AvgIpc) is 3.30. The van der Waals surface area contributed by atoms with Crippen molar-refractivity contribution in [3.8, 4) is 23.2 Å². The Morgan fingerprint density at radius 2 is 2.03 bits per heavy atom. The molecule has 29 heavy (non-hydrogen) atoms. The molecule has 0 unspecified atom stereocenters. The van der Waals surface area contributed by atoms with Gasteiger partial charge in [-0.25, -0.2) is 4.39 Å². The molecule has 0 spiro atoms. The van der Waals surface area contributed by atoms with E-state index in [9.17, 15) is 18.0 Å². The van der Waals surface area contributed by atoms with E-state index in [-0.39, 0.29) is 23.2 Å². The van der Waals surface area contributed by atoms with Crippen molar-refractivity contribution in [2.45, 2.75) is 12.5 Å². The smallest absolute Gasteiger partial charge is 0.327 e. The molecule has 3 rings (SSSR count). The first-order valence-electron chi connectivity index (χ1n) is 7.77. The SMILES string of the molecule is O=C(O)Cn1nnc(-c2cc(OCC(F)(F)COc3cc(F)ccc3Br)no2)n1. The van der Waals surface area contributed by atoms with Gasteiger partial charge in [-0.3, -0.25) is 4.79 Å². The number of hydrogen-bond donors (Lipinski definition) is 1. The quantitative estimate of drug-likeness (QED) is 0.494. The maximum Gasteiger partial charge on any atom is 0.327 e. The van der Waals surface area contributed by atoms with Crippen molar-refractivity contribution < 1.29 is 37.1 Å². The topological polar surface area (TPSA) is 125 Å². The van der Waals surface area contributed by atoms with Crippen LogP contribution in [0.2, 0.25) is 0 Å². The Morgan fingerprint density at radius 1 is 1.28 bits per heavy atom. The van der Waals surface area contributed by atoms with Gasteiger partial charge in [0.25, 0.3) is 5.88 Å². The lowest BCUT2D eigenvalue weighted by atomic mass is 10.3. The van der Waals surface area contributed by atoms with Gasteiger partial charge in [0.2, 0.25) is 11.6 Å². The maximum atomic E-state index is 14.0. The number of halogens is 4. The van der Waals surface area contributed by atoms with Gasteiger partial charge in [0, 0.05) is 6.07 Å². The largest absolute Gasteiger partial charge is 0.486 e. The number of carbonyl (C=O) groups is 1. The molecule has 2 heterocycles. The Kier molecular flexibility index (Phi) is 6.00. The van der Waals surface area contributed by atoms with Gasteiger partial charge in [-0.15, -0.1) is 10.2 Å². The van der Waals surface area contributed by atoms with Crippen LogP contribution >= 0.6 is 15.9 Å². The van der Waals surface area contributed by atoms with Crippen LogP contribution in [0.3, 0.4) is 0 Å². The number of carboxylic acids is 1. The van der Waals surface area contributed by atoms with Crippen LogP contribution in [0.1, 0.15) is 0 Å². The number of aromatic nitrogens is 5. The molecule has 14 heteroatoms. The molecule has 2 aromatic heterocycles. The number of ether oxygens (including phenoxy) is 2. The molecule has 1 N–H and O–H groups in total. The molecule has 0 aliphatic carbocycles. The van der Waals surface area contributed by atoms with Crippen molar-refractivity contribution in [1.82, 2.24) is 25.4 Å². The van der Waals surface area contributed by atoms with Crippen LogP contribution in [0.15, 0.2) is 33.3 Å². The minimum atomic E-state index is -3.42. The normalized spacial score (nSPS) is 11.4. The lowest BCUT2D eigenvalue weighted by Crippen LogP contribution is -2.33. The van der Waals surface area contributed by atoms with Gasteiger partial charge in [0.1, 0.15) is 11.6 Å². The van der Waals surface area contributed by atoms with Gasteiger partial charge in [-0.1, -0.05) is 0 Å².